The number of amides is 3. The molecular weight excluding hydrogens is 1220 g/mol. The summed E-state index contributed by atoms with van der Waals surface area (Å²) in [5, 5.41) is 20.2. The molecule has 24 nitrogen and oxygen atoms in total. The lowest BCUT2D eigenvalue weighted by atomic mass is 10.0. The largest absolute Gasteiger partial charge is 0.394 e. The van der Waals surface area contributed by atoms with E-state index in [9.17, 15) is 49.9 Å². The van der Waals surface area contributed by atoms with Crippen LogP contribution in [0, 0.1) is 0 Å². The Morgan fingerprint density at radius 1 is 0.571 bits per heavy atom. The molecule has 0 spiro atoms. The first-order chi connectivity index (χ1) is 43.4. The lowest BCUT2D eigenvalue weighted by Gasteiger charge is -2.34. The Morgan fingerprint density at radius 2 is 0.956 bits per heavy atom. The third-order valence-electron chi connectivity index (χ3n) is 16.6. The number of H-pyrrole nitrogens is 3. The first kappa shape index (κ1) is 65.6. The zero-order chi connectivity index (χ0) is 65.1. The van der Waals surface area contributed by atoms with Crippen molar-refractivity contribution in [2.24, 2.45) is 0 Å². The van der Waals surface area contributed by atoms with Gasteiger partial charge < -0.3 is 45.0 Å². The van der Waals surface area contributed by atoms with Crippen molar-refractivity contribution in [3.63, 3.8) is 0 Å². The fraction of sp³-hybridized carbons (Fsp3) is 0.391. The van der Waals surface area contributed by atoms with Gasteiger partial charge in [0.1, 0.15) is 16.6 Å². The number of carbonyl (C=O) groups is 3. The van der Waals surface area contributed by atoms with Crippen molar-refractivity contribution in [2.75, 3.05) is 32.8 Å². The van der Waals surface area contributed by atoms with Crippen molar-refractivity contribution in [3.05, 3.63) is 127 Å². The molecule has 27 heteroatoms. The van der Waals surface area contributed by atoms with Gasteiger partial charge in [0.05, 0.1) is 120 Å². The highest BCUT2D eigenvalue weighted by Gasteiger charge is 2.37. The Morgan fingerprint density at radius 3 is 1.33 bits per heavy atom. The molecule has 12 rings (SSSR count). The van der Waals surface area contributed by atoms with Gasteiger partial charge >= 0.3 is 0 Å². The van der Waals surface area contributed by atoms with E-state index in [0.717, 1.165) is 37.7 Å². The van der Waals surface area contributed by atoms with E-state index in [4.69, 9.17) is 4.74 Å². The van der Waals surface area contributed by atoms with E-state index >= 15 is 0 Å². The minimum absolute atomic E-state index is 0. The van der Waals surface area contributed by atoms with Crippen LogP contribution in [0.3, 0.4) is 0 Å². The van der Waals surface area contributed by atoms with Crippen LogP contribution in [-0.2, 0) is 34.2 Å². The van der Waals surface area contributed by atoms with Gasteiger partial charge in [0.2, 0.25) is 0 Å². The average Bonchev–Trinajstić information content (AvgIpc) is 1.58. The predicted molar refractivity (Wildman–Crippen MR) is 345 cm³/mol. The average molecular weight is 1300 g/mol. The maximum atomic E-state index is 13.2. The number of carbonyl (C=O) groups excluding carboxylic acids is 3. The number of aromatic nitrogens is 9. The molecule has 3 saturated heterocycles. The summed E-state index contributed by atoms with van der Waals surface area (Å²) in [5.74, 6) is -0.590. The van der Waals surface area contributed by atoms with E-state index in [1.165, 1.54) is 6.20 Å². The second kappa shape index (κ2) is 27.2. The van der Waals surface area contributed by atoms with E-state index in [1.807, 2.05) is 11.8 Å². The smallest absolute Gasteiger partial charge is 0.258 e. The van der Waals surface area contributed by atoms with Gasteiger partial charge in [-0.15, -0.1) is 0 Å². The number of hydrogen-bond acceptors (Lipinski definition) is 18. The molecule has 3 fully saturated rings. The molecule has 9 heterocycles. The van der Waals surface area contributed by atoms with Crippen LogP contribution < -0.4 is 5.32 Å². The third kappa shape index (κ3) is 13.8. The predicted octanol–water partition coefficient (Wildman–Crippen LogP) is 8.16. The molecule has 6 aromatic heterocycles. The molecule has 91 heavy (non-hydrogen) atoms. The molecule has 0 aliphatic carbocycles. The summed E-state index contributed by atoms with van der Waals surface area (Å²) in [6.07, 6.45) is 15.1. The molecule has 3 amide bonds. The summed E-state index contributed by atoms with van der Waals surface area (Å²) in [7, 11) is -10.0. The molecule has 3 aliphatic heterocycles. The first-order valence-electron chi connectivity index (χ1n) is 30.3. The number of sulfone groups is 3. The maximum Gasteiger partial charge on any atom is 0.258 e. The lowest BCUT2D eigenvalue weighted by Crippen LogP contribution is -2.45. The number of aromatic amines is 3. The fourth-order valence-corrected chi connectivity index (χ4v) is 14.1. The number of nitrogens with one attached hydrogen (secondary N) is 4. The Kier molecular flexibility index (Phi) is 19.6. The van der Waals surface area contributed by atoms with E-state index in [1.54, 1.807) is 150 Å². The third-order valence-corrected chi connectivity index (χ3v) is 23.1. The zero-order valence-electron chi connectivity index (χ0n) is 51.5. The molecule has 0 radical (unpaired) electrons. The molecule has 2 bridgehead atoms. The quantitative estimate of drug-likeness (QED) is 0.0531. The van der Waals surface area contributed by atoms with Crippen LogP contribution in [0.5, 0.6) is 0 Å². The monoisotopic (exact) mass is 1300 g/mol. The molecule has 3 unspecified atom stereocenters. The SMILES string of the molecule is CC(C)S(=O)(=O)c1ccc(-c2cnc3[nH]cc(C(=O)N4CC5CCC(C4)O5)c3n2)cc1.CC(C)S(=O)(=O)c1ccc(-c2cnc3[nH]cc(C(=O)N4CCCCC4CO)c3n2)cc1.CC[C@@H](CO)NC(=O)c1c[nH]c2ncc(-c3ccc(S(=O)(=O)C(C)C)cc3)nc12.[HH]. The second-order valence-corrected chi connectivity index (χ2v) is 31.1. The minimum Gasteiger partial charge on any atom is -0.394 e. The van der Waals surface area contributed by atoms with E-state index in [0.29, 0.717) is 104 Å². The number of ether oxygens (including phenoxy) is 1. The van der Waals surface area contributed by atoms with Gasteiger partial charge in [-0.05, 0) is 116 Å². The number of morpholine rings is 1. The van der Waals surface area contributed by atoms with Gasteiger partial charge in [-0.25, -0.2) is 55.2 Å². The number of piperidine rings is 1. The van der Waals surface area contributed by atoms with Crippen LogP contribution in [0.2, 0.25) is 0 Å². The van der Waals surface area contributed by atoms with Gasteiger partial charge in [-0.3, -0.25) is 14.4 Å². The first-order valence-corrected chi connectivity index (χ1v) is 34.9. The number of rotatable bonds is 16. The molecule has 6 N–H and O–H groups in total. The van der Waals surface area contributed by atoms with Gasteiger partial charge in [-0.1, -0.05) is 43.3 Å². The molecule has 3 aromatic carbocycles. The van der Waals surface area contributed by atoms with Crippen LogP contribution >= 0.6 is 0 Å². The number of fused-ring (bicyclic) bond motifs is 5. The normalized spacial score (nSPS) is 17.3. The fourth-order valence-electron chi connectivity index (χ4n) is 11.0. The zero-order valence-corrected chi connectivity index (χ0v) is 53.9. The summed E-state index contributed by atoms with van der Waals surface area (Å²) in [6.45, 7) is 13.4. The lowest BCUT2D eigenvalue weighted by molar-refractivity contribution is -0.0303. The number of likely N-dealkylation sites (tertiary alicyclic amines) is 2. The van der Waals surface area contributed by atoms with Gasteiger partial charge in [0, 0.05) is 56.3 Å². The van der Waals surface area contributed by atoms with Crippen molar-refractivity contribution in [2.45, 2.75) is 142 Å². The van der Waals surface area contributed by atoms with Gasteiger partial charge in [0.25, 0.3) is 17.7 Å². The van der Waals surface area contributed by atoms with Crippen molar-refractivity contribution < 1.29 is 56.0 Å². The summed E-state index contributed by atoms with van der Waals surface area (Å²) in [6, 6.07) is 19.1. The number of aliphatic hydroxyl groups excluding tert-OH is 2. The van der Waals surface area contributed by atoms with E-state index in [2.05, 4.69) is 50.2 Å². The topological polar surface area (TPSA) is 347 Å². The van der Waals surface area contributed by atoms with Gasteiger partial charge in [-0.2, -0.15) is 0 Å². The standard InChI is InChI=1S/C22H24N4O4S.C22H26N4O4S.C20H24N4O4S.H2/c1-13(2)31(28,29)17-7-3-14(4-8-17)19-10-24-21-20(25-19)18(9-23-21)22(27)26-11-15-5-6-16(12-26)30-15;1-14(2)31(29,30)17-8-6-15(7-9-17)19-12-24-21-20(25-19)18(11-23-21)22(28)26-10-4-3-5-16(26)13-27;1-4-14(11-25)23-20(26)16-9-21-19-18(16)24-17(10-22-19)13-5-7-15(8-6-13)29(27,28)12(2)3;/h3-4,7-10,13,15-16H,5-6,11-12H2,1-2H3,(H,23,24);6-9,11-12,14,16,27H,3-5,10,13H2,1-2H3,(H,23,24);5-10,12,14,25H,4,11H2,1-3H3,(H,21,22)(H,23,26);1H/t;;14-;/m..0./s1. The van der Waals surface area contributed by atoms with Gasteiger partial charge in [0.15, 0.2) is 46.5 Å². The Bertz CT molecular complexity index is 4470. The second-order valence-electron chi connectivity index (χ2n) is 23.6. The summed E-state index contributed by atoms with van der Waals surface area (Å²) in [4.78, 5) is 79.2. The summed E-state index contributed by atoms with van der Waals surface area (Å²) < 4.78 is 79.8. The molecule has 3 aliphatic rings. The minimum atomic E-state index is -3.35. The van der Waals surface area contributed by atoms with E-state index in [-0.39, 0.29) is 71.3 Å². The Hall–Kier alpha value is -8.34. The van der Waals surface area contributed by atoms with Crippen LogP contribution in [0.4, 0.5) is 0 Å². The number of nitrogens with zero attached hydrogens (tertiary/aromatic N) is 8. The molecule has 9 aromatic rings. The molecule has 0 saturated carbocycles. The summed E-state index contributed by atoms with van der Waals surface area (Å²) in [5.41, 5.74) is 7.93. The maximum absolute atomic E-state index is 13.2. The van der Waals surface area contributed by atoms with Crippen LogP contribution in [0.25, 0.3) is 67.3 Å². The number of aliphatic hydroxyl groups is 2. The number of benzene rings is 3. The highest BCUT2D eigenvalue weighted by molar-refractivity contribution is 7.92. The summed E-state index contributed by atoms with van der Waals surface area (Å²) >= 11 is 0. The van der Waals surface area contributed by atoms with Crippen molar-refractivity contribution in [1.29, 1.82) is 0 Å². The molecular formula is C64H76N12O12S3. The van der Waals surface area contributed by atoms with E-state index < -0.39 is 45.3 Å². The number of hydrogen-bond donors (Lipinski definition) is 6. The highest BCUT2D eigenvalue weighted by atomic mass is 32.2. The Balaban J connectivity index is 0.000000162. The Labute approximate surface area is 529 Å². The molecule has 4 atom stereocenters. The van der Waals surface area contributed by atoms with Crippen LogP contribution in [-0.4, -0.2) is 181 Å². The highest BCUT2D eigenvalue weighted by Crippen LogP contribution is 2.32. The van der Waals surface area contributed by atoms with Crippen molar-refractivity contribution in [3.8, 4) is 33.8 Å². The van der Waals surface area contributed by atoms with Crippen LogP contribution in [0.15, 0.2) is 125 Å². The van der Waals surface area contributed by atoms with Crippen LogP contribution in [0.1, 0.15) is 119 Å². The van der Waals surface area contributed by atoms with Crippen molar-refractivity contribution >= 4 is 80.7 Å². The molecule has 482 valence electrons. The van der Waals surface area contributed by atoms with Crippen molar-refractivity contribution in [1.82, 2.24) is 60.0 Å².